The van der Waals surface area contributed by atoms with Gasteiger partial charge in [-0.05, 0) is 61.7 Å². The molecule has 0 nitrogen and oxygen atoms in total. The van der Waals surface area contributed by atoms with Crippen molar-refractivity contribution < 1.29 is 22.0 Å². The fourth-order valence-corrected chi connectivity index (χ4v) is 4.29. The highest BCUT2D eigenvalue weighted by molar-refractivity contribution is 4.89. The highest BCUT2D eigenvalue weighted by Crippen LogP contribution is 2.46. The van der Waals surface area contributed by atoms with E-state index in [1.165, 1.54) is 0 Å². The molecule has 3 aliphatic rings. The minimum atomic E-state index is -2.32. The highest BCUT2D eigenvalue weighted by atomic mass is 19.3. The van der Waals surface area contributed by atoms with Gasteiger partial charge >= 0.3 is 0 Å². The Hall–Kier alpha value is -0.350. The van der Waals surface area contributed by atoms with E-state index in [2.05, 4.69) is 27.7 Å². The minimum Gasteiger partial charge on any atom is -0.244 e. The molecule has 0 spiro atoms. The standard InChI is InChI=1S/C8H14F2.C8H15F.C7H12F2/c1-6(2)3-7-4-8(9,10)5-7;1-7(2)6-8(9)4-3-5-8;1-5(2)6-3-7(8,9)4-6/h6-7H,3-5H2,1-2H3;7H,3-6H2,1-2H3;5-6H,3-4H2,1-2H3. The van der Waals surface area contributed by atoms with Gasteiger partial charge < -0.3 is 0 Å². The normalized spacial score (nSPS) is 25.1. The van der Waals surface area contributed by atoms with E-state index in [9.17, 15) is 22.0 Å². The smallest absolute Gasteiger partial charge is 0.244 e. The molecule has 0 bridgehead atoms. The Morgan fingerprint density at radius 3 is 1.36 bits per heavy atom. The van der Waals surface area contributed by atoms with Gasteiger partial charge in [0.2, 0.25) is 11.8 Å². The second-order valence-corrected chi connectivity index (χ2v) is 10.6. The van der Waals surface area contributed by atoms with Crippen LogP contribution in [0.3, 0.4) is 0 Å². The molecule has 0 heterocycles. The van der Waals surface area contributed by atoms with Crippen molar-refractivity contribution in [3.05, 3.63) is 0 Å². The van der Waals surface area contributed by atoms with Crippen LogP contribution in [0.1, 0.15) is 99.3 Å². The molecular formula is C23H41F5. The molecule has 0 atom stereocenters. The van der Waals surface area contributed by atoms with Crippen LogP contribution in [0.15, 0.2) is 0 Å². The topological polar surface area (TPSA) is 0 Å². The lowest BCUT2D eigenvalue weighted by Crippen LogP contribution is -2.37. The van der Waals surface area contributed by atoms with Gasteiger partial charge in [-0.25, -0.2) is 22.0 Å². The van der Waals surface area contributed by atoms with Crippen LogP contribution in [0.4, 0.5) is 22.0 Å². The summed E-state index contributed by atoms with van der Waals surface area (Å²) in [6, 6.07) is 0. The second kappa shape index (κ2) is 10.1. The van der Waals surface area contributed by atoms with E-state index < -0.39 is 17.5 Å². The van der Waals surface area contributed by atoms with Crippen molar-refractivity contribution in [3.8, 4) is 0 Å². The summed E-state index contributed by atoms with van der Waals surface area (Å²) < 4.78 is 61.9. The monoisotopic (exact) mass is 412 g/mol. The predicted molar refractivity (Wildman–Crippen MR) is 107 cm³/mol. The number of hydrogen-bond donors (Lipinski definition) is 0. The first-order valence-corrected chi connectivity index (χ1v) is 11.1. The maximum absolute atomic E-state index is 13.2. The third-order valence-corrected chi connectivity index (χ3v) is 6.07. The van der Waals surface area contributed by atoms with Crippen LogP contribution in [-0.4, -0.2) is 17.5 Å². The Kier molecular flexibility index (Phi) is 9.27. The van der Waals surface area contributed by atoms with Gasteiger partial charge in [0.1, 0.15) is 5.67 Å². The summed E-state index contributed by atoms with van der Waals surface area (Å²) >= 11 is 0. The van der Waals surface area contributed by atoms with Crippen LogP contribution < -0.4 is 0 Å². The first-order valence-electron chi connectivity index (χ1n) is 11.1. The van der Waals surface area contributed by atoms with Crippen molar-refractivity contribution >= 4 is 0 Å². The van der Waals surface area contributed by atoms with Crippen LogP contribution in [0.25, 0.3) is 0 Å². The fraction of sp³-hybridized carbons (Fsp3) is 1.00. The van der Waals surface area contributed by atoms with E-state index in [0.717, 1.165) is 32.1 Å². The summed E-state index contributed by atoms with van der Waals surface area (Å²) in [6.45, 7) is 12.3. The zero-order valence-corrected chi connectivity index (χ0v) is 18.6. The van der Waals surface area contributed by atoms with E-state index in [1.54, 1.807) is 0 Å². The molecule has 3 saturated carbocycles. The Morgan fingerprint density at radius 2 is 1.18 bits per heavy atom. The van der Waals surface area contributed by atoms with Crippen molar-refractivity contribution in [1.82, 2.24) is 0 Å². The van der Waals surface area contributed by atoms with E-state index >= 15 is 0 Å². The van der Waals surface area contributed by atoms with E-state index in [4.69, 9.17) is 0 Å². The molecule has 0 amide bonds. The first kappa shape index (κ1) is 25.7. The lowest BCUT2D eigenvalue weighted by Gasteiger charge is -2.37. The SMILES string of the molecule is CC(C)C1CC(F)(F)C1.CC(C)CC1(F)CCC1.CC(C)CC1CC(F)(F)C1. The summed E-state index contributed by atoms with van der Waals surface area (Å²) in [5.41, 5.74) is -0.756. The molecule has 28 heavy (non-hydrogen) atoms. The van der Waals surface area contributed by atoms with E-state index in [0.29, 0.717) is 23.7 Å². The average Bonchev–Trinajstić information content (AvgIpc) is 2.41. The quantitative estimate of drug-likeness (QED) is 0.396. The van der Waals surface area contributed by atoms with Gasteiger partial charge in [0.15, 0.2) is 0 Å². The molecule has 0 saturated heterocycles. The summed E-state index contributed by atoms with van der Waals surface area (Å²) in [7, 11) is 0. The largest absolute Gasteiger partial charge is 0.248 e. The van der Waals surface area contributed by atoms with Gasteiger partial charge in [-0.3, -0.25) is 0 Å². The molecule has 0 N–H and O–H groups in total. The number of alkyl halides is 5. The number of hydrogen-bond acceptors (Lipinski definition) is 0. The second-order valence-electron chi connectivity index (χ2n) is 10.6. The fourth-order valence-electron chi connectivity index (χ4n) is 4.29. The zero-order valence-electron chi connectivity index (χ0n) is 18.6. The lowest BCUT2D eigenvalue weighted by molar-refractivity contribution is -0.122. The van der Waals surface area contributed by atoms with Crippen LogP contribution in [0.2, 0.25) is 0 Å². The Morgan fingerprint density at radius 1 is 0.714 bits per heavy atom. The molecule has 3 fully saturated rings. The Labute approximate surface area is 169 Å². The molecule has 0 aromatic heterocycles. The summed E-state index contributed by atoms with van der Waals surface area (Å²) in [4.78, 5) is 0. The highest BCUT2D eigenvalue weighted by Gasteiger charge is 2.46. The third kappa shape index (κ3) is 9.43. The van der Waals surface area contributed by atoms with Gasteiger partial charge in [-0.15, -0.1) is 0 Å². The van der Waals surface area contributed by atoms with Crippen molar-refractivity contribution in [3.63, 3.8) is 0 Å². The van der Waals surface area contributed by atoms with Gasteiger partial charge in [-0.1, -0.05) is 41.5 Å². The molecule has 0 aromatic carbocycles. The molecule has 168 valence electrons. The van der Waals surface area contributed by atoms with Gasteiger partial charge in [0.05, 0.1) is 0 Å². The van der Waals surface area contributed by atoms with Crippen LogP contribution in [0, 0.1) is 29.6 Å². The van der Waals surface area contributed by atoms with Crippen LogP contribution in [0.5, 0.6) is 0 Å². The van der Waals surface area contributed by atoms with Gasteiger partial charge in [0.25, 0.3) is 0 Å². The molecule has 0 unspecified atom stereocenters. The molecule has 0 aromatic rings. The minimum absolute atomic E-state index is 0.116. The maximum atomic E-state index is 13.2. The summed E-state index contributed by atoms with van der Waals surface area (Å²) in [5, 5.41) is 0. The van der Waals surface area contributed by atoms with E-state index in [1.807, 2.05) is 13.8 Å². The molecule has 3 rings (SSSR count). The first-order chi connectivity index (χ1) is 12.6. The van der Waals surface area contributed by atoms with Crippen LogP contribution in [-0.2, 0) is 0 Å². The number of halogens is 5. The van der Waals surface area contributed by atoms with Crippen molar-refractivity contribution in [2.24, 2.45) is 29.6 Å². The van der Waals surface area contributed by atoms with Crippen molar-refractivity contribution in [2.45, 2.75) is 117 Å². The molecule has 0 radical (unpaired) electrons. The van der Waals surface area contributed by atoms with Crippen molar-refractivity contribution in [1.29, 1.82) is 0 Å². The molecule has 3 aliphatic carbocycles. The molecule has 0 aliphatic heterocycles. The maximum Gasteiger partial charge on any atom is 0.248 e. The lowest BCUT2D eigenvalue weighted by atomic mass is 9.74. The molecule has 5 heteroatoms. The predicted octanol–water partition coefficient (Wildman–Crippen LogP) is 8.69. The van der Waals surface area contributed by atoms with E-state index in [-0.39, 0.29) is 31.6 Å². The Balaban J connectivity index is 0.000000210. The van der Waals surface area contributed by atoms with Crippen molar-refractivity contribution in [2.75, 3.05) is 0 Å². The molecular weight excluding hydrogens is 371 g/mol. The number of rotatable bonds is 5. The summed E-state index contributed by atoms with van der Waals surface area (Å²) in [5.74, 6) is -2.54. The third-order valence-electron chi connectivity index (χ3n) is 6.07. The van der Waals surface area contributed by atoms with Gasteiger partial charge in [0, 0.05) is 25.7 Å². The zero-order chi connectivity index (χ0) is 21.8. The van der Waals surface area contributed by atoms with Crippen LogP contribution >= 0.6 is 0 Å². The average molecular weight is 413 g/mol. The van der Waals surface area contributed by atoms with Gasteiger partial charge in [-0.2, -0.15) is 0 Å². The Bertz CT molecular complexity index is 433. The summed E-state index contributed by atoms with van der Waals surface area (Å²) in [6.07, 6.45) is 4.95.